The van der Waals surface area contributed by atoms with Gasteiger partial charge < -0.3 is 5.32 Å². The van der Waals surface area contributed by atoms with Gasteiger partial charge in [-0.05, 0) is 12.0 Å². The third-order valence-corrected chi connectivity index (χ3v) is 2.59. The number of nitrogens with zero attached hydrogens (tertiary/aromatic N) is 1. The Balaban J connectivity index is 1.96. The van der Waals surface area contributed by atoms with Gasteiger partial charge in [0.1, 0.15) is 0 Å². The van der Waals surface area contributed by atoms with Crippen molar-refractivity contribution in [2.75, 3.05) is 19.6 Å². The summed E-state index contributed by atoms with van der Waals surface area (Å²) in [6, 6.07) is 10.3. The van der Waals surface area contributed by atoms with E-state index in [-0.39, 0.29) is 5.91 Å². The zero-order valence-electron chi connectivity index (χ0n) is 8.78. The largest absolute Gasteiger partial charge is 0.355 e. The first-order chi connectivity index (χ1) is 7.34. The van der Waals surface area contributed by atoms with Crippen LogP contribution < -0.4 is 5.32 Å². The zero-order valence-corrected chi connectivity index (χ0v) is 8.78. The third kappa shape index (κ3) is 3.06. The van der Waals surface area contributed by atoms with E-state index >= 15 is 0 Å². The summed E-state index contributed by atoms with van der Waals surface area (Å²) in [6.45, 7) is 3.20. The molecule has 1 N–H and O–H groups in total. The molecule has 0 aromatic heterocycles. The Hall–Kier alpha value is -1.35. The Kier molecular flexibility index (Phi) is 3.35. The van der Waals surface area contributed by atoms with Crippen molar-refractivity contribution >= 4 is 5.91 Å². The van der Waals surface area contributed by atoms with Gasteiger partial charge in [-0.1, -0.05) is 30.3 Å². The number of amides is 1. The van der Waals surface area contributed by atoms with Gasteiger partial charge in [0, 0.05) is 19.6 Å². The smallest absolute Gasteiger partial charge is 0.234 e. The van der Waals surface area contributed by atoms with E-state index in [9.17, 15) is 4.79 Å². The molecule has 0 unspecified atom stereocenters. The molecule has 0 saturated carbocycles. The Bertz CT molecular complexity index is 324. The molecule has 1 aromatic rings. The lowest BCUT2D eigenvalue weighted by molar-refractivity contribution is -0.121. The second kappa shape index (κ2) is 4.94. The Morgan fingerprint density at radius 3 is 2.87 bits per heavy atom. The fourth-order valence-corrected chi connectivity index (χ4v) is 1.85. The summed E-state index contributed by atoms with van der Waals surface area (Å²) in [5.74, 6) is 0.142. The Morgan fingerprint density at radius 1 is 1.27 bits per heavy atom. The van der Waals surface area contributed by atoms with E-state index < -0.39 is 0 Å². The topological polar surface area (TPSA) is 32.3 Å². The van der Waals surface area contributed by atoms with Crippen LogP contribution in [0.15, 0.2) is 30.3 Å². The minimum Gasteiger partial charge on any atom is -0.355 e. The van der Waals surface area contributed by atoms with Crippen molar-refractivity contribution in [3.63, 3.8) is 0 Å². The highest BCUT2D eigenvalue weighted by atomic mass is 16.2. The van der Waals surface area contributed by atoms with Gasteiger partial charge in [-0.25, -0.2) is 0 Å². The number of benzene rings is 1. The molecular weight excluding hydrogens is 188 g/mol. The molecule has 3 nitrogen and oxygen atoms in total. The first kappa shape index (κ1) is 10.2. The molecule has 0 spiro atoms. The van der Waals surface area contributed by atoms with Gasteiger partial charge in [0.15, 0.2) is 0 Å². The number of carbonyl (C=O) groups excluding carboxylic acids is 1. The minimum atomic E-state index is 0.142. The van der Waals surface area contributed by atoms with E-state index in [4.69, 9.17) is 0 Å². The molecule has 1 heterocycles. The van der Waals surface area contributed by atoms with Crippen LogP contribution in [0.5, 0.6) is 0 Å². The fraction of sp³-hybridized carbons (Fsp3) is 0.417. The van der Waals surface area contributed by atoms with E-state index in [1.54, 1.807) is 0 Å². The summed E-state index contributed by atoms with van der Waals surface area (Å²) in [7, 11) is 0. The average Bonchev–Trinajstić information content (AvgIpc) is 2.44. The quantitative estimate of drug-likeness (QED) is 0.779. The second-order valence-corrected chi connectivity index (χ2v) is 3.90. The van der Waals surface area contributed by atoms with Crippen LogP contribution in [0.2, 0.25) is 0 Å². The van der Waals surface area contributed by atoms with Gasteiger partial charge >= 0.3 is 0 Å². The number of nitrogens with one attached hydrogen (secondary N) is 1. The molecule has 0 radical (unpaired) electrons. The molecule has 1 amide bonds. The molecule has 1 aromatic carbocycles. The van der Waals surface area contributed by atoms with E-state index in [0.29, 0.717) is 6.54 Å². The van der Waals surface area contributed by atoms with E-state index in [2.05, 4.69) is 22.3 Å². The van der Waals surface area contributed by atoms with Crippen LogP contribution in [-0.2, 0) is 11.3 Å². The summed E-state index contributed by atoms with van der Waals surface area (Å²) in [5.41, 5.74) is 1.27. The van der Waals surface area contributed by atoms with Gasteiger partial charge in [-0.15, -0.1) is 0 Å². The molecule has 15 heavy (non-hydrogen) atoms. The summed E-state index contributed by atoms with van der Waals surface area (Å²) in [5, 5.41) is 2.88. The lowest BCUT2D eigenvalue weighted by Gasteiger charge is -2.18. The van der Waals surface area contributed by atoms with E-state index in [1.807, 2.05) is 18.2 Å². The van der Waals surface area contributed by atoms with Gasteiger partial charge in [-0.3, -0.25) is 9.69 Å². The molecular formula is C12H16N2O. The van der Waals surface area contributed by atoms with Crippen molar-refractivity contribution in [1.82, 2.24) is 10.2 Å². The van der Waals surface area contributed by atoms with Crippen molar-refractivity contribution in [3.05, 3.63) is 35.9 Å². The van der Waals surface area contributed by atoms with Gasteiger partial charge in [0.25, 0.3) is 0 Å². The van der Waals surface area contributed by atoms with Crippen LogP contribution >= 0.6 is 0 Å². The number of hydrogen-bond donors (Lipinski definition) is 1. The van der Waals surface area contributed by atoms with Crippen molar-refractivity contribution < 1.29 is 4.79 Å². The second-order valence-electron chi connectivity index (χ2n) is 3.90. The highest BCUT2D eigenvalue weighted by Crippen LogP contribution is 2.05. The summed E-state index contributed by atoms with van der Waals surface area (Å²) in [4.78, 5) is 13.5. The molecule has 1 saturated heterocycles. The fourth-order valence-electron chi connectivity index (χ4n) is 1.85. The van der Waals surface area contributed by atoms with Crippen molar-refractivity contribution in [2.24, 2.45) is 0 Å². The molecule has 0 atom stereocenters. The number of carbonyl (C=O) groups is 1. The van der Waals surface area contributed by atoms with Crippen LogP contribution in [0.25, 0.3) is 0 Å². The number of hydrogen-bond acceptors (Lipinski definition) is 2. The molecule has 1 aliphatic rings. The highest BCUT2D eigenvalue weighted by molar-refractivity contribution is 5.78. The van der Waals surface area contributed by atoms with Crippen LogP contribution in [0, 0.1) is 0 Å². The first-order valence-electron chi connectivity index (χ1n) is 5.37. The van der Waals surface area contributed by atoms with E-state index in [0.717, 1.165) is 26.1 Å². The van der Waals surface area contributed by atoms with Crippen LogP contribution in [0.1, 0.15) is 12.0 Å². The van der Waals surface area contributed by atoms with E-state index in [1.165, 1.54) is 5.56 Å². The SMILES string of the molecule is O=C1CN(Cc2ccccc2)CCCN1. The monoisotopic (exact) mass is 204 g/mol. The lowest BCUT2D eigenvalue weighted by Crippen LogP contribution is -2.32. The predicted molar refractivity (Wildman–Crippen MR) is 59.3 cm³/mol. The zero-order chi connectivity index (χ0) is 10.5. The maximum atomic E-state index is 11.3. The van der Waals surface area contributed by atoms with Gasteiger partial charge in [0.05, 0.1) is 6.54 Å². The summed E-state index contributed by atoms with van der Waals surface area (Å²) in [6.07, 6.45) is 1.04. The highest BCUT2D eigenvalue weighted by Gasteiger charge is 2.13. The average molecular weight is 204 g/mol. The summed E-state index contributed by atoms with van der Waals surface area (Å²) >= 11 is 0. The Labute approximate surface area is 90.1 Å². The van der Waals surface area contributed by atoms with Gasteiger partial charge in [0.2, 0.25) is 5.91 Å². The van der Waals surface area contributed by atoms with Crippen LogP contribution in [-0.4, -0.2) is 30.4 Å². The van der Waals surface area contributed by atoms with Crippen molar-refractivity contribution in [3.8, 4) is 0 Å². The van der Waals surface area contributed by atoms with Crippen molar-refractivity contribution in [1.29, 1.82) is 0 Å². The Morgan fingerprint density at radius 2 is 2.07 bits per heavy atom. The normalized spacial score (nSPS) is 18.3. The molecule has 2 rings (SSSR count). The maximum Gasteiger partial charge on any atom is 0.234 e. The molecule has 1 fully saturated rings. The molecule has 1 aliphatic heterocycles. The van der Waals surface area contributed by atoms with Gasteiger partial charge in [-0.2, -0.15) is 0 Å². The molecule has 0 aliphatic carbocycles. The van der Waals surface area contributed by atoms with Crippen molar-refractivity contribution in [2.45, 2.75) is 13.0 Å². The third-order valence-electron chi connectivity index (χ3n) is 2.59. The minimum absolute atomic E-state index is 0.142. The molecule has 0 bridgehead atoms. The van der Waals surface area contributed by atoms with Crippen LogP contribution in [0.4, 0.5) is 0 Å². The van der Waals surface area contributed by atoms with Crippen LogP contribution in [0.3, 0.4) is 0 Å². The first-order valence-corrected chi connectivity index (χ1v) is 5.37. The lowest BCUT2D eigenvalue weighted by atomic mass is 10.2. The molecule has 3 heteroatoms. The predicted octanol–water partition coefficient (Wildman–Crippen LogP) is 1.01. The standard InChI is InChI=1S/C12H16N2O/c15-12-10-14(8-4-7-13-12)9-11-5-2-1-3-6-11/h1-3,5-6H,4,7-10H2,(H,13,15). The summed E-state index contributed by atoms with van der Waals surface area (Å²) < 4.78 is 0. The maximum absolute atomic E-state index is 11.3. The molecule has 80 valence electrons. The number of rotatable bonds is 2.